The van der Waals surface area contributed by atoms with Crippen LogP contribution in [0.2, 0.25) is 0 Å². The topological polar surface area (TPSA) is 72.6 Å². The van der Waals surface area contributed by atoms with Gasteiger partial charge in [0.1, 0.15) is 5.75 Å². The molecule has 0 aromatic heterocycles. The van der Waals surface area contributed by atoms with Crippen LogP contribution in [0.4, 0.5) is 0 Å². The highest BCUT2D eigenvalue weighted by molar-refractivity contribution is 5.81. The highest BCUT2D eigenvalue weighted by Crippen LogP contribution is 2.22. The van der Waals surface area contributed by atoms with E-state index in [4.69, 9.17) is 10.5 Å². The second kappa shape index (κ2) is 6.61. The molecule has 0 unspecified atom stereocenters. The summed E-state index contributed by atoms with van der Waals surface area (Å²) in [6.07, 6.45) is 1.54. The van der Waals surface area contributed by atoms with Gasteiger partial charge in [0, 0.05) is 12.6 Å². The first kappa shape index (κ1) is 15.4. The monoisotopic (exact) mass is 290 g/mol. The van der Waals surface area contributed by atoms with Gasteiger partial charge in [-0.25, -0.2) is 0 Å². The number of nitrogens with zero attached hydrogens (tertiary/aromatic N) is 1. The van der Waals surface area contributed by atoms with Gasteiger partial charge in [0.15, 0.2) is 6.61 Å². The van der Waals surface area contributed by atoms with Crippen molar-refractivity contribution < 1.29 is 14.3 Å². The standard InChI is InChI=1S/C16H22N2O3/c1-11-5-3-4-6-14(11)21-10-15(19)18-9-13(16(17)20)8-7-12(18)2/h3-6,12-13H,7-10H2,1-2H3,(H2,17,20)/t12-,13+/m0/s1. The molecule has 1 heterocycles. The molecule has 0 saturated carbocycles. The molecule has 2 N–H and O–H groups in total. The van der Waals surface area contributed by atoms with Crippen LogP contribution in [-0.4, -0.2) is 35.9 Å². The second-order valence-electron chi connectivity index (χ2n) is 5.63. The first-order valence-corrected chi connectivity index (χ1v) is 7.26. The molecule has 5 heteroatoms. The third-order valence-corrected chi connectivity index (χ3v) is 4.05. The van der Waals surface area contributed by atoms with E-state index in [2.05, 4.69) is 0 Å². The van der Waals surface area contributed by atoms with Crippen LogP contribution in [0.25, 0.3) is 0 Å². The van der Waals surface area contributed by atoms with Crippen molar-refractivity contribution in [3.8, 4) is 5.75 Å². The number of hydrogen-bond acceptors (Lipinski definition) is 3. The van der Waals surface area contributed by atoms with Crippen LogP contribution in [0.3, 0.4) is 0 Å². The number of aryl methyl sites for hydroxylation is 1. The Morgan fingerprint density at radius 1 is 1.33 bits per heavy atom. The quantitative estimate of drug-likeness (QED) is 0.913. The zero-order valence-corrected chi connectivity index (χ0v) is 12.5. The largest absolute Gasteiger partial charge is 0.484 e. The molecule has 0 aliphatic carbocycles. The molecule has 1 aliphatic rings. The molecule has 1 saturated heterocycles. The Labute approximate surface area is 125 Å². The van der Waals surface area contributed by atoms with E-state index in [-0.39, 0.29) is 30.4 Å². The van der Waals surface area contributed by atoms with Crippen molar-refractivity contribution in [2.45, 2.75) is 32.7 Å². The van der Waals surface area contributed by atoms with Gasteiger partial charge in [-0.3, -0.25) is 9.59 Å². The number of benzene rings is 1. The predicted molar refractivity (Wildman–Crippen MR) is 79.8 cm³/mol. The summed E-state index contributed by atoms with van der Waals surface area (Å²) in [6, 6.07) is 7.70. The SMILES string of the molecule is Cc1ccccc1OCC(=O)N1C[C@H](C(N)=O)CC[C@@H]1C. The molecule has 5 nitrogen and oxygen atoms in total. The molecular formula is C16H22N2O3. The highest BCUT2D eigenvalue weighted by atomic mass is 16.5. The molecule has 2 atom stereocenters. The summed E-state index contributed by atoms with van der Waals surface area (Å²) < 4.78 is 5.59. The Kier molecular flexibility index (Phi) is 4.83. The van der Waals surface area contributed by atoms with Crippen molar-refractivity contribution in [1.29, 1.82) is 0 Å². The van der Waals surface area contributed by atoms with Gasteiger partial charge < -0.3 is 15.4 Å². The van der Waals surface area contributed by atoms with E-state index in [0.717, 1.165) is 18.4 Å². The maximum Gasteiger partial charge on any atom is 0.260 e. The molecule has 2 rings (SSSR count). The molecule has 1 aromatic rings. The number of rotatable bonds is 4. The minimum absolute atomic E-state index is 0.0132. The number of primary amides is 1. The highest BCUT2D eigenvalue weighted by Gasteiger charge is 2.31. The smallest absolute Gasteiger partial charge is 0.260 e. The van der Waals surface area contributed by atoms with Crippen LogP contribution in [0.1, 0.15) is 25.3 Å². The number of amides is 2. The first-order chi connectivity index (χ1) is 9.99. The Morgan fingerprint density at radius 2 is 2.05 bits per heavy atom. The van der Waals surface area contributed by atoms with Gasteiger partial charge in [0.2, 0.25) is 5.91 Å². The summed E-state index contributed by atoms with van der Waals surface area (Å²) in [5.41, 5.74) is 6.34. The molecule has 1 fully saturated rings. The molecule has 1 aliphatic heterocycles. The van der Waals surface area contributed by atoms with Crippen molar-refractivity contribution in [3.63, 3.8) is 0 Å². The molecule has 2 amide bonds. The number of nitrogens with two attached hydrogens (primary N) is 1. The lowest BCUT2D eigenvalue weighted by Crippen LogP contribution is -2.50. The molecule has 0 spiro atoms. The fraction of sp³-hybridized carbons (Fsp3) is 0.500. The van der Waals surface area contributed by atoms with E-state index in [1.54, 1.807) is 4.90 Å². The fourth-order valence-electron chi connectivity index (χ4n) is 2.63. The molecule has 21 heavy (non-hydrogen) atoms. The van der Waals surface area contributed by atoms with Gasteiger partial charge >= 0.3 is 0 Å². The summed E-state index contributed by atoms with van der Waals surface area (Å²) in [5.74, 6) is 0.0294. The van der Waals surface area contributed by atoms with Crippen LogP contribution in [0.5, 0.6) is 5.75 Å². The molecule has 114 valence electrons. The summed E-state index contributed by atoms with van der Waals surface area (Å²) in [7, 11) is 0. The lowest BCUT2D eigenvalue weighted by molar-refractivity contribution is -0.139. The summed E-state index contributed by atoms with van der Waals surface area (Å²) in [6.45, 7) is 4.31. The minimum atomic E-state index is -0.334. The number of piperidine rings is 1. The zero-order valence-electron chi connectivity index (χ0n) is 12.5. The lowest BCUT2D eigenvalue weighted by Gasteiger charge is -2.36. The van der Waals surface area contributed by atoms with Gasteiger partial charge in [-0.1, -0.05) is 18.2 Å². The average molecular weight is 290 g/mol. The summed E-state index contributed by atoms with van der Waals surface area (Å²) >= 11 is 0. The lowest BCUT2D eigenvalue weighted by atomic mass is 9.93. The summed E-state index contributed by atoms with van der Waals surface area (Å²) in [5, 5.41) is 0. The second-order valence-corrected chi connectivity index (χ2v) is 5.63. The normalized spacial score (nSPS) is 21.9. The van der Waals surface area contributed by atoms with Crippen molar-refractivity contribution in [3.05, 3.63) is 29.8 Å². The van der Waals surface area contributed by atoms with Gasteiger partial charge in [-0.05, 0) is 38.3 Å². The Morgan fingerprint density at radius 3 is 2.71 bits per heavy atom. The van der Waals surface area contributed by atoms with E-state index in [1.165, 1.54) is 0 Å². The van der Waals surface area contributed by atoms with Crippen molar-refractivity contribution in [2.24, 2.45) is 11.7 Å². The van der Waals surface area contributed by atoms with Crippen molar-refractivity contribution in [2.75, 3.05) is 13.2 Å². The van der Waals surface area contributed by atoms with Crippen molar-refractivity contribution >= 4 is 11.8 Å². The number of ether oxygens (including phenoxy) is 1. The first-order valence-electron chi connectivity index (χ1n) is 7.26. The number of carbonyl (C=O) groups is 2. The Hall–Kier alpha value is -2.04. The molecule has 1 aromatic carbocycles. The number of para-hydroxylation sites is 1. The minimum Gasteiger partial charge on any atom is -0.484 e. The average Bonchev–Trinajstić information content (AvgIpc) is 2.46. The molecule has 0 radical (unpaired) electrons. The number of carbonyl (C=O) groups excluding carboxylic acids is 2. The fourth-order valence-corrected chi connectivity index (χ4v) is 2.63. The maximum atomic E-state index is 12.3. The summed E-state index contributed by atoms with van der Waals surface area (Å²) in [4.78, 5) is 25.3. The van der Waals surface area contributed by atoms with Crippen LogP contribution in [0.15, 0.2) is 24.3 Å². The van der Waals surface area contributed by atoms with E-state index >= 15 is 0 Å². The van der Waals surface area contributed by atoms with Gasteiger partial charge in [0.25, 0.3) is 5.91 Å². The van der Waals surface area contributed by atoms with E-state index in [1.807, 2.05) is 38.1 Å². The number of likely N-dealkylation sites (tertiary alicyclic amines) is 1. The Bertz CT molecular complexity index is 530. The van der Waals surface area contributed by atoms with E-state index in [9.17, 15) is 9.59 Å². The molecular weight excluding hydrogens is 268 g/mol. The van der Waals surface area contributed by atoms with Crippen LogP contribution >= 0.6 is 0 Å². The maximum absolute atomic E-state index is 12.3. The predicted octanol–water partition coefficient (Wildman–Crippen LogP) is 1.49. The van der Waals surface area contributed by atoms with Crippen LogP contribution in [0, 0.1) is 12.8 Å². The van der Waals surface area contributed by atoms with Gasteiger partial charge in [-0.2, -0.15) is 0 Å². The third kappa shape index (κ3) is 3.74. The van der Waals surface area contributed by atoms with Gasteiger partial charge in [0.05, 0.1) is 5.92 Å². The molecule has 0 bridgehead atoms. The van der Waals surface area contributed by atoms with Crippen LogP contribution in [-0.2, 0) is 9.59 Å². The third-order valence-electron chi connectivity index (χ3n) is 4.05. The van der Waals surface area contributed by atoms with Crippen LogP contribution < -0.4 is 10.5 Å². The Balaban J connectivity index is 1.95. The number of hydrogen-bond donors (Lipinski definition) is 1. The van der Waals surface area contributed by atoms with Gasteiger partial charge in [-0.15, -0.1) is 0 Å². The van der Waals surface area contributed by atoms with E-state index in [0.29, 0.717) is 12.3 Å². The zero-order chi connectivity index (χ0) is 15.4. The van der Waals surface area contributed by atoms with Crippen molar-refractivity contribution in [1.82, 2.24) is 4.90 Å². The van der Waals surface area contributed by atoms with E-state index < -0.39 is 0 Å².